The number of aliphatic imine (C=N–C) groups is 1. The van der Waals surface area contributed by atoms with E-state index in [1.54, 1.807) is 0 Å². The maximum atomic E-state index is 11.7. The lowest BCUT2D eigenvalue weighted by Crippen LogP contribution is -2.44. The molecule has 1 aliphatic heterocycles. The molecule has 1 fully saturated rings. The number of guanidine groups is 1. The molecular weight excluding hydrogens is 374 g/mol. The Hall–Kier alpha value is -2.54. The van der Waals surface area contributed by atoms with Crippen LogP contribution in [0.5, 0.6) is 11.5 Å². The van der Waals surface area contributed by atoms with Gasteiger partial charge in [0.05, 0.1) is 18.1 Å². The van der Waals surface area contributed by atoms with Crippen molar-refractivity contribution in [2.75, 3.05) is 18.1 Å². The Morgan fingerprint density at radius 3 is 2.54 bits per heavy atom. The van der Waals surface area contributed by atoms with Crippen molar-refractivity contribution in [3.05, 3.63) is 59.7 Å². The number of nitrogens with one attached hydrogen (secondary N) is 2. The summed E-state index contributed by atoms with van der Waals surface area (Å²) in [5.74, 6) is 2.59. The maximum Gasteiger partial charge on any atom is 0.191 e. The Balaban J connectivity index is 1.73. The molecule has 150 valence electrons. The Bertz CT molecular complexity index is 941. The number of hydrogen-bond acceptors (Lipinski definition) is 4. The largest absolute Gasteiger partial charge is 0.457 e. The first-order chi connectivity index (χ1) is 13.5. The highest BCUT2D eigenvalue weighted by molar-refractivity contribution is 7.91. The molecule has 0 aliphatic carbocycles. The third-order valence-electron chi connectivity index (χ3n) is 4.61. The van der Waals surface area contributed by atoms with Gasteiger partial charge in [-0.15, -0.1) is 0 Å². The third kappa shape index (κ3) is 5.48. The second-order valence-corrected chi connectivity index (χ2v) is 9.14. The average Bonchev–Trinajstić information content (AvgIpc) is 3.01. The molecule has 0 aromatic heterocycles. The van der Waals surface area contributed by atoms with E-state index in [1.807, 2.05) is 62.4 Å². The molecule has 0 spiro atoms. The second-order valence-electron chi connectivity index (χ2n) is 6.91. The van der Waals surface area contributed by atoms with Gasteiger partial charge in [0.25, 0.3) is 0 Å². The van der Waals surface area contributed by atoms with Crippen molar-refractivity contribution < 1.29 is 13.2 Å². The fourth-order valence-corrected chi connectivity index (χ4v) is 4.78. The molecule has 28 heavy (non-hydrogen) atoms. The highest BCUT2D eigenvalue weighted by Crippen LogP contribution is 2.28. The molecule has 2 aromatic carbocycles. The fourth-order valence-electron chi connectivity index (χ4n) is 3.11. The minimum atomic E-state index is -2.93. The zero-order valence-corrected chi connectivity index (χ0v) is 17.1. The van der Waals surface area contributed by atoms with Gasteiger partial charge in [-0.2, -0.15) is 0 Å². The number of benzene rings is 2. The predicted octanol–water partition coefficient (Wildman–Crippen LogP) is 3.03. The van der Waals surface area contributed by atoms with Gasteiger partial charge in [-0.1, -0.05) is 36.4 Å². The maximum absolute atomic E-state index is 11.7. The van der Waals surface area contributed by atoms with Gasteiger partial charge in [-0.25, -0.2) is 13.4 Å². The molecule has 1 atom stereocenters. The molecular formula is C21H27N3O3S. The normalized spacial score (nSPS) is 18.6. The van der Waals surface area contributed by atoms with Crippen LogP contribution in [0.3, 0.4) is 0 Å². The van der Waals surface area contributed by atoms with Gasteiger partial charge < -0.3 is 15.4 Å². The lowest BCUT2D eigenvalue weighted by atomic mass is 10.2. The van der Waals surface area contributed by atoms with E-state index < -0.39 is 9.84 Å². The Morgan fingerprint density at radius 1 is 1.14 bits per heavy atom. The monoisotopic (exact) mass is 401 g/mol. The lowest BCUT2D eigenvalue weighted by molar-refractivity contribution is 0.473. The summed E-state index contributed by atoms with van der Waals surface area (Å²) in [5, 5.41) is 6.43. The summed E-state index contributed by atoms with van der Waals surface area (Å²) >= 11 is 0. The number of aryl methyl sites for hydroxylation is 1. The second kappa shape index (κ2) is 9.10. The molecule has 0 saturated carbocycles. The third-order valence-corrected chi connectivity index (χ3v) is 6.38. The van der Waals surface area contributed by atoms with Crippen molar-refractivity contribution in [3.63, 3.8) is 0 Å². The van der Waals surface area contributed by atoms with E-state index in [0.29, 0.717) is 25.5 Å². The fraction of sp³-hybridized carbons (Fsp3) is 0.381. The smallest absolute Gasteiger partial charge is 0.191 e. The Kier molecular flexibility index (Phi) is 6.57. The molecule has 1 heterocycles. The van der Waals surface area contributed by atoms with Crippen molar-refractivity contribution in [1.29, 1.82) is 0 Å². The van der Waals surface area contributed by atoms with Crippen molar-refractivity contribution >= 4 is 15.8 Å². The first kappa shape index (κ1) is 20.2. The van der Waals surface area contributed by atoms with Crippen molar-refractivity contribution in [3.8, 4) is 11.5 Å². The van der Waals surface area contributed by atoms with Crippen LogP contribution in [0.25, 0.3) is 0 Å². The summed E-state index contributed by atoms with van der Waals surface area (Å²) in [4.78, 5) is 4.64. The van der Waals surface area contributed by atoms with Crippen LogP contribution < -0.4 is 15.4 Å². The summed E-state index contributed by atoms with van der Waals surface area (Å²) in [6.07, 6.45) is 0.611. The lowest BCUT2D eigenvalue weighted by Gasteiger charge is -2.16. The molecule has 2 N–H and O–H groups in total. The highest BCUT2D eigenvalue weighted by atomic mass is 32.2. The van der Waals surface area contributed by atoms with Gasteiger partial charge in [0.2, 0.25) is 0 Å². The standard InChI is InChI=1S/C21H27N3O3S/c1-3-22-21(24-18-12-13-28(25,26)15-18)23-14-17-9-5-7-11-20(17)27-19-10-6-4-8-16(19)2/h4-11,18H,3,12-15H2,1-2H3,(H2,22,23,24). The molecule has 7 heteroatoms. The molecule has 1 aliphatic rings. The SMILES string of the molecule is CCNC(=NCc1ccccc1Oc1ccccc1C)NC1CCS(=O)(=O)C1. The topological polar surface area (TPSA) is 79.8 Å². The number of para-hydroxylation sites is 2. The van der Waals surface area contributed by atoms with Gasteiger partial charge in [-0.3, -0.25) is 0 Å². The summed E-state index contributed by atoms with van der Waals surface area (Å²) in [5.41, 5.74) is 2.03. The first-order valence-corrected chi connectivity index (χ1v) is 11.4. The van der Waals surface area contributed by atoms with Crippen LogP contribution in [0.15, 0.2) is 53.5 Å². The quantitative estimate of drug-likeness (QED) is 0.575. The van der Waals surface area contributed by atoms with Gasteiger partial charge in [0.15, 0.2) is 15.8 Å². The van der Waals surface area contributed by atoms with Crippen LogP contribution in [0, 0.1) is 6.92 Å². The van der Waals surface area contributed by atoms with Crippen molar-refractivity contribution in [1.82, 2.24) is 10.6 Å². The predicted molar refractivity (Wildman–Crippen MR) is 113 cm³/mol. The van der Waals surface area contributed by atoms with Crippen molar-refractivity contribution in [2.45, 2.75) is 32.9 Å². The van der Waals surface area contributed by atoms with Crippen LogP contribution >= 0.6 is 0 Å². The van der Waals surface area contributed by atoms with Crippen molar-refractivity contribution in [2.24, 2.45) is 4.99 Å². The van der Waals surface area contributed by atoms with Crippen LogP contribution in [0.2, 0.25) is 0 Å². The van der Waals surface area contributed by atoms with E-state index in [2.05, 4.69) is 15.6 Å². The molecule has 3 rings (SSSR count). The minimum Gasteiger partial charge on any atom is -0.457 e. The molecule has 0 bridgehead atoms. The molecule has 0 amide bonds. The minimum absolute atomic E-state index is 0.0961. The van der Waals surface area contributed by atoms with E-state index in [4.69, 9.17) is 4.74 Å². The van der Waals surface area contributed by atoms with E-state index >= 15 is 0 Å². The number of ether oxygens (including phenoxy) is 1. The molecule has 6 nitrogen and oxygen atoms in total. The summed E-state index contributed by atoms with van der Waals surface area (Å²) in [6, 6.07) is 15.6. The van der Waals surface area contributed by atoms with Gasteiger partial charge in [0, 0.05) is 18.2 Å². The van der Waals surface area contributed by atoms with Crippen LogP contribution in [0.4, 0.5) is 0 Å². The van der Waals surface area contributed by atoms with Gasteiger partial charge in [-0.05, 0) is 38.0 Å². The molecule has 1 saturated heterocycles. The van der Waals surface area contributed by atoms with Gasteiger partial charge >= 0.3 is 0 Å². The Morgan fingerprint density at radius 2 is 1.86 bits per heavy atom. The van der Waals surface area contributed by atoms with Crippen LogP contribution in [-0.2, 0) is 16.4 Å². The summed E-state index contributed by atoms with van der Waals surface area (Å²) < 4.78 is 29.5. The van der Waals surface area contributed by atoms with Crippen LogP contribution in [-0.4, -0.2) is 38.5 Å². The van der Waals surface area contributed by atoms with E-state index in [1.165, 1.54) is 0 Å². The molecule has 0 radical (unpaired) electrons. The number of nitrogens with zero attached hydrogens (tertiary/aromatic N) is 1. The van der Waals surface area contributed by atoms with E-state index in [9.17, 15) is 8.42 Å². The zero-order valence-electron chi connectivity index (χ0n) is 16.3. The summed E-state index contributed by atoms with van der Waals surface area (Å²) in [6.45, 7) is 5.13. The highest BCUT2D eigenvalue weighted by Gasteiger charge is 2.28. The number of rotatable bonds is 6. The Labute approximate surface area is 167 Å². The zero-order chi connectivity index (χ0) is 20.0. The van der Waals surface area contributed by atoms with Gasteiger partial charge in [0.1, 0.15) is 11.5 Å². The molecule has 1 unspecified atom stereocenters. The van der Waals surface area contributed by atoms with Crippen LogP contribution in [0.1, 0.15) is 24.5 Å². The summed E-state index contributed by atoms with van der Waals surface area (Å²) in [7, 11) is -2.93. The first-order valence-electron chi connectivity index (χ1n) is 9.53. The number of sulfone groups is 1. The average molecular weight is 402 g/mol. The van der Waals surface area contributed by atoms with E-state index in [0.717, 1.165) is 22.6 Å². The van der Waals surface area contributed by atoms with E-state index in [-0.39, 0.29) is 17.5 Å². The number of hydrogen-bond donors (Lipinski definition) is 2. The molecule has 2 aromatic rings.